The first kappa shape index (κ1) is 9.80. The summed E-state index contributed by atoms with van der Waals surface area (Å²) >= 11 is 0. The highest BCUT2D eigenvalue weighted by Gasteiger charge is 2.29. The summed E-state index contributed by atoms with van der Waals surface area (Å²) in [4.78, 5) is 10.7. The molecule has 0 amide bonds. The number of hydrogen-bond donors (Lipinski definition) is 2. The second-order valence-electron chi connectivity index (χ2n) is 3.10. The molecule has 1 aromatic rings. The number of aromatic carboxylic acids is 1. The molecule has 0 aliphatic carbocycles. The molecule has 1 unspecified atom stereocenters. The van der Waals surface area contributed by atoms with Crippen LogP contribution in [-0.2, 0) is 5.60 Å². The van der Waals surface area contributed by atoms with Gasteiger partial charge in [-0.2, -0.15) is 0 Å². The summed E-state index contributed by atoms with van der Waals surface area (Å²) in [5.74, 6) is -0.972. The quantitative estimate of drug-likeness (QED) is 0.748. The lowest BCUT2D eigenvalue weighted by molar-refractivity contribution is 0.0273. The van der Waals surface area contributed by atoms with Crippen LogP contribution in [0, 0.1) is 0 Å². The molecule has 0 bridgehead atoms. The summed E-state index contributed by atoms with van der Waals surface area (Å²) < 4.78 is 4.95. The number of carboxylic acid groups (broad SMARTS) is 1. The predicted molar refractivity (Wildman–Crippen MR) is 45.5 cm³/mol. The fourth-order valence-corrected chi connectivity index (χ4v) is 1.06. The summed E-state index contributed by atoms with van der Waals surface area (Å²) in [6.07, 6.45) is 1.67. The van der Waals surface area contributed by atoms with Crippen molar-refractivity contribution >= 4 is 5.97 Å². The fraction of sp³-hybridized carbons (Fsp3) is 0.444. The molecule has 1 heterocycles. The predicted octanol–water partition coefficient (Wildman–Crippen LogP) is 1.60. The molecule has 1 rings (SSSR count). The Hall–Kier alpha value is -1.29. The molecular weight excluding hydrogens is 172 g/mol. The van der Waals surface area contributed by atoms with Crippen molar-refractivity contribution in [3.8, 4) is 0 Å². The Morgan fingerprint density at radius 1 is 1.69 bits per heavy atom. The van der Waals surface area contributed by atoms with Gasteiger partial charge in [0.25, 0.3) is 0 Å². The normalized spacial score (nSPS) is 15.3. The smallest absolute Gasteiger partial charge is 0.339 e. The molecule has 0 radical (unpaired) electrons. The lowest BCUT2D eigenvalue weighted by atomic mass is 9.97. The van der Waals surface area contributed by atoms with Crippen molar-refractivity contribution < 1.29 is 19.4 Å². The van der Waals surface area contributed by atoms with E-state index in [0.29, 0.717) is 6.42 Å². The first-order valence-electron chi connectivity index (χ1n) is 4.02. The van der Waals surface area contributed by atoms with Gasteiger partial charge in [-0.1, -0.05) is 6.92 Å². The monoisotopic (exact) mass is 184 g/mol. The van der Waals surface area contributed by atoms with Crippen LogP contribution in [0.25, 0.3) is 0 Å². The molecule has 0 aromatic carbocycles. The third kappa shape index (κ3) is 1.72. The summed E-state index contributed by atoms with van der Waals surface area (Å²) in [7, 11) is 0. The van der Waals surface area contributed by atoms with Crippen LogP contribution in [0.3, 0.4) is 0 Å². The average molecular weight is 184 g/mol. The molecule has 0 aliphatic heterocycles. The number of aliphatic hydroxyl groups is 1. The van der Waals surface area contributed by atoms with Crippen LogP contribution in [0.5, 0.6) is 0 Å². The topological polar surface area (TPSA) is 70.7 Å². The molecule has 0 aliphatic rings. The van der Waals surface area contributed by atoms with Crippen LogP contribution in [0.15, 0.2) is 16.7 Å². The maximum absolute atomic E-state index is 10.7. The van der Waals surface area contributed by atoms with Crippen molar-refractivity contribution in [2.45, 2.75) is 25.9 Å². The Morgan fingerprint density at radius 3 is 2.77 bits per heavy atom. The van der Waals surface area contributed by atoms with E-state index < -0.39 is 11.6 Å². The van der Waals surface area contributed by atoms with Crippen molar-refractivity contribution in [3.05, 3.63) is 23.7 Å². The average Bonchev–Trinajstić information content (AvgIpc) is 2.52. The highest BCUT2D eigenvalue weighted by molar-refractivity contribution is 5.88. The molecule has 72 valence electrons. The third-order valence-electron chi connectivity index (χ3n) is 2.07. The van der Waals surface area contributed by atoms with Gasteiger partial charge >= 0.3 is 5.97 Å². The van der Waals surface area contributed by atoms with E-state index in [1.165, 1.54) is 19.3 Å². The van der Waals surface area contributed by atoms with Gasteiger partial charge in [-0.25, -0.2) is 4.79 Å². The van der Waals surface area contributed by atoms with Gasteiger partial charge < -0.3 is 14.6 Å². The van der Waals surface area contributed by atoms with E-state index in [0.717, 1.165) is 0 Å². The Balaban J connectivity index is 3.14. The van der Waals surface area contributed by atoms with E-state index in [1.54, 1.807) is 6.92 Å². The summed E-state index contributed by atoms with van der Waals surface area (Å²) in [6, 6.07) is 1.34. The molecule has 4 nitrogen and oxygen atoms in total. The minimum atomic E-state index is -1.21. The van der Waals surface area contributed by atoms with E-state index in [1.807, 2.05) is 0 Å². The maximum Gasteiger partial charge on any atom is 0.339 e. The van der Waals surface area contributed by atoms with E-state index >= 15 is 0 Å². The van der Waals surface area contributed by atoms with Crippen LogP contribution >= 0.6 is 0 Å². The Morgan fingerprint density at radius 2 is 2.31 bits per heavy atom. The largest absolute Gasteiger partial charge is 0.478 e. The molecule has 2 N–H and O–H groups in total. The minimum absolute atomic E-state index is 0.0202. The van der Waals surface area contributed by atoms with Crippen LogP contribution in [-0.4, -0.2) is 16.2 Å². The first-order valence-corrected chi connectivity index (χ1v) is 4.02. The molecule has 0 saturated carbocycles. The SMILES string of the molecule is CCC(C)(O)c1occc1C(=O)O. The lowest BCUT2D eigenvalue weighted by Gasteiger charge is -2.18. The van der Waals surface area contributed by atoms with Crippen LogP contribution in [0.2, 0.25) is 0 Å². The van der Waals surface area contributed by atoms with Crippen molar-refractivity contribution in [1.82, 2.24) is 0 Å². The van der Waals surface area contributed by atoms with Crippen LogP contribution in [0.4, 0.5) is 0 Å². The molecule has 4 heteroatoms. The lowest BCUT2D eigenvalue weighted by Crippen LogP contribution is -2.21. The molecule has 13 heavy (non-hydrogen) atoms. The second-order valence-corrected chi connectivity index (χ2v) is 3.10. The zero-order valence-corrected chi connectivity index (χ0v) is 7.57. The highest BCUT2D eigenvalue weighted by Crippen LogP contribution is 2.27. The van der Waals surface area contributed by atoms with E-state index in [4.69, 9.17) is 9.52 Å². The second kappa shape index (κ2) is 3.22. The van der Waals surface area contributed by atoms with Gasteiger partial charge in [0.1, 0.15) is 16.9 Å². The summed E-state index contributed by atoms with van der Waals surface area (Å²) in [5.41, 5.74) is -1.19. The van der Waals surface area contributed by atoms with Gasteiger partial charge in [0.15, 0.2) is 0 Å². The Labute approximate surface area is 75.8 Å². The zero-order chi connectivity index (χ0) is 10.1. The van der Waals surface area contributed by atoms with Gasteiger partial charge in [-0.05, 0) is 19.4 Å². The van der Waals surface area contributed by atoms with Gasteiger partial charge in [-0.15, -0.1) is 0 Å². The van der Waals surface area contributed by atoms with Crippen molar-refractivity contribution in [2.24, 2.45) is 0 Å². The number of furan rings is 1. The number of carboxylic acids is 1. The van der Waals surface area contributed by atoms with Gasteiger partial charge in [-0.3, -0.25) is 0 Å². The number of rotatable bonds is 3. The zero-order valence-electron chi connectivity index (χ0n) is 7.57. The summed E-state index contributed by atoms with van der Waals surface area (Å²) in [5, 5.41) is 18.5. The Kier molecular flexibility index (Phi) is 2.43. The van der Waals surface area contributed by atoms with Crippen molar-refractivity contribution in [3.63, 3.8) is 0 Å². The van der Waals surface area contributed by atoms with Gasteiger partial charge in [0.05, 0.1) is 6.26 Å². The minimum Gasteiger partial charge on any atom is -0.478 e. The van der Waals surface area contributed by atoms with E-state index in [9.17, 15) is 9.90 Å². The number of carbonyl (C=O) groups is 1. The molecule has 0 fully saturated rings. The standard InChI is InChI=1S/C9H12O4/c1-3-9(2,12)7-6(8(10)11)4-5-13-7/h4-5,12H,3H2,1-2H3,(H,10,11). The molecule has 0 spiro atoms. The third-order valence-corrected chi connectivity index (χ3v) is 2.07. The first-order chi connectivity index (χ1) is 5.99. The van der Waals surface area contributed by atoms with E-state index in [2.05, 4.69) is 0 Å². The highest BCUT2D eigenvalue weighted by atomic mass is 16.4. The van der Waals surface area contributed by atoms with Gasteiger partial charge in [0.2, 0.25) is 0 Å². The van der Waals surface area contributed by atoms with Crippen molar-refractivity contribution in [2.75, 3.05) is 0 Å². The van der Waals surface area contributed by atoms with Crippen LogP contribution in [0.1, 0.15) is 36.4 Å². The van der Waals surface area contributed by atoms with E-state index in [-0.39, 0.29) is 11.3 Å². The molecule has 1 aromatic heterocycles. The molecule has 0 saturated heterocycles. The van der Waals surface area contributed by atoms with Gasteiger partial charge in [0, 0.05) is 0 Å². The maximum atomic E-state index is 10.7. The molecule has 1 atom stereocenters. The van der Waals surface area contributed by atoms with Crippen molar-refractivity contribution in [1.29, 1.82) is 0 Å². The summed E-state index contributed by atoms with van der Waals surface area (Å²) in [6.45, 7) is 3.28. The number of hydrogen-bond acceptors (Lipinski definition) is 3. The Bertz CT molecular complexity index is 311. The fourth-order valence-electron chi connectivity index (χ4n) is 1.06. The molecular formula is C9H12O4. The van der Waals surface area contributed by atoms with Crippen LogP contribution < -0.4 is 0 Å².